The molecule has 1 aliphatic rings. The third kappa shape index (κ3) is 2.27. The van der Waals surface area contributed by atoms with Crippen LogP contribution in [0.3, 0.4) is 0 Å². The van der Waals surface area contributed by atoms with E-state index in [0.717, 1.165) is 0 Å². The van der Waals surface area contributed by atoms with Crippen LogP contribution < -0.4 is 0 Å². The molecule has 1 aliphatic heterocycles. The summed E-state index contributed by atoms with van der Waals surface area (Å²) in [5.41, 5.74) is 2.73. The van der Waals surface area contributed by atoms with Gasteiger partial charge in [0.2, 0.25) is 0 Å². The molecule has 0 amide bonds. The van der Waals surface area contributed by atoms with Crippen LogP contribution in [0.5, 0.6) is 0 Å². The first-order valence-electron chi connectivity index (χ1n) is 7.41. The molecule has 0 aromatic heterocycles. The minimum atomic E-state index is 0.00270. The highest BCUT2D eigenvalue weighted by atomic mass is 32.2. The number of hydrogen-bond acceptors (Lipinski definition) is 1. The Hall–Kier alpha value is -1.64. The van der Waals surface area contributed by atoms with Gasteiger partial charge in [-0.2, -0.15) is 0 Å². The fraction of sp³-hybridized carbons (Fsp3) is 0.100. The van der Waals surface area contributed by atoms with Gasteiger partial charge in [-0.25, -0.2) is 0 Å². The fourth-order valence-electron chi connectivity index (χ4n) is 2.74. The van der Waals surface area contributed by atoms with Crippen LogP contribution in [0.25, 0.3) is 0 Å². The Kier molecular flexibility index (Phi) is 3.51. The topological polar surface area (TPSA) is 0 Å². The summed E-state index contributed by atoms with van der Waals surface area (Å²) in [7, 11) is 0.00270. The molecule has 3 aromatic rings. The van der Waals surface area contributed by atoms with E-state index in [9.17, 15) is 0 Å². The lowest BCUT2D eigenvalue weighted by Gasteiger charge is -2.19. The monoisotopic (exact) mass is 321 g/mol. The molecule has 1 heterocycles. The van der Waals surface area contributed by atoms with Gasteiger partial charge in [0.25, 0.3) is 0 Å². The first-order valence-corrected chi connectivity index (χ1v) is 9.45. The summed E-state index contributed by atoms with van der Waals surface area (Å²) >= 11 is 1.90. The van der Waals surface area contributed by atoms with Gasteiger partial charge in [0.05, 0.1) is 9.79 Å². The number of fused-ring (bicyclic) bond motifs is 2. The molecule has 0 atom stereocenters. The van der Waals surface area contributed by atoms with Crippen molar-refractivity contribution in [1.82, 2.24) is 0 Å². The molecule has 0 spiro atoms. The van der Waals surface area contributed by atoms with Gasteiger partial charge in [-0.1, -0.05) is 42.1 Å². The Morgan fingerprint density at radius 2 is 1.27 bits per heavy atom. The Morgan fingerprint density at radius 3 is 1.86 bits per heavy atom. The van der Waals surface area contributed by atoms with E-state index >= 15 is 0 Å². The minimum absolute atomic E-state index is 0.00270. The first kappa shape index (κ1) is 14.0. The van der Waals surface area contributed by atoms with Crippen molar-refractivity contribution in [3.8, 4) is 0 Å². The average Bonchev–Trinajstić information content (AvgIpc) is 2.55. The molecule has 0 saturated heterocycles. The van der Waals surface area contributed by atoms with Crippen LogP contribution in [0, 0.1) is 13.8 Å². The van der Waals surface area contributed by atoms with E-state index in [1.165, 1.54) is 35.6 Å². The van der Waals surface area contributed by atoms with Crippen molar-refractivity contribution < 1.29 is 0 Å². The highest BCUT2D eigenvalue weighted by Gasteiger charge is 2.37. The maximum Gasteiger partial charge on any atom is 0.180 e. The number of aryl methyl sites for hydroxylation is 2. The van der Waals surface area contributed by atoms with Crippen molar-refractivity contribution in [2.75, 3.05) is 0 Å². The van der Waals surface area contributed by atoms with Crippen LogP contribution in [-0.2, 0) is 10.9 Å². The smallest absolute Gasteiger partial charge is 0.0795 e. The van der Waals surface area contributed by atoms with E-state index in [4.69, 9.17) is 0 Å². The van der Waals surface area contributed by atoms with E-state index in [-0.39, 0.29) is 10.9 Å². The zero-order valence-electron chi connectivity index (χ0n) is 12.7. The van der Waals surface area contributed by atoms with Gasteiger partial charge in [-0.3, -0.25) is 0 Å². The van der Waals surface area contributed by atoms with E-state index in [0.29, 0.717) is 0 Å². The largest absolute Gasteiger partial charge is 0.180 e. The van der Waals surface area contributed by atoms with Crippen LogP contribution >= 0.6 is 11.8 Å². The summed E-state index contributed by atoms with van der Waals surface area (Å²) < 4.78 is 0. The molecule has 0 N–H and O–H groups in total. The summed E-state index contributed by atoms with van der Waals surface area (Å²) in [6.45, 7) is 4.39. The second-order valence-corrected chi connectivity index (χ2v) is 8.59. The Balaban J connectivity index is 1.96. The molecule has 0 fully saturated rings. The lowest BCUT2D eigenvalue weighted by Crippen LogP contribution is -2.11. The normalized spacial score (nSPS) is 13.5. The highest BCUT2D eigenvalue weighted by Crippen LogP contribution is 2.48. The van der Waals surface area contributed by atoms with Crippen LogP contribution in [0.15, 0.2) is 91.2 Å². The summed E-state index contributed by atoms with van der Waals surface area (Å²) in [4.78, 5) is 7.11. The molecule has 4 rings (SSSR count). The third-order valence-electron chi connectivity index (χ3n) is 4.07. The molecule has 0 bridgehead atoms. The lowest BCUT2D eigenvalue weighted by molar-refractivity contribution is 1.12. The SMILES string of the molecule is Cc1ccc([S+]2c3ccccc3Sc3ccccc32)cc1C. The van der Waals surface area contributed by atoms with Gasteiger partial charge < -0.3 is 0 Å². The zero-order valence-corrected chi connectivity index (χ0v) is 14.3. The maximum absolute atomic E-state index is 2.36. The lowest BCUT2D eigenvalue weighted by atomic mass is 10.1. The molecule has 22 heavy (non-hydrogen) atoms. The predicted molar refractivity (Wildman–Crippen MR) is 95.1 cm³/mol. The number of rotatable bonds is 1. The van der Waals surface area contributed by atoms with Crippen LogP contribution in [0.4, 0.5) is 0 Å². The van der Waals surface area contributed by atoms with Gasteiger partial charge in [-0.15, -0.1) is 0 Å². The van der Waals surface area contributed by atoms with Crippen LogP contribution in [0.2, 0.25) is 0 Å². The minimum Gasteiger partial charge on any atom is -0.0795 e. The predicted octanol–water partition coefficient (Wildman–Crippen LogP) is 5.86. The van der Waals surface area contributed by atoms with Crippen LogP contribution in [-0.4, -0.2) is 0 Å². The third-order valence-corrected chi connectivity index (χ3v) is 7.80. The molecule has 0 aliphatic carbocycles. The number of benzene rings is 3. The van der Waals surface area contributed by atoms with Crippen molar-refractivity contribution >= 4 is 22.7 Å². The Morgan fingerprint density at radius 1 is 0.682 bits per heavy atom. The van der Waals surface area contributed by atoms with Gasteiger partial charge in [0, 0.05) is 0 Å². The van der Waals surface area contributed by atoms with Crippen molar-refractivity contribution in [3.05, 3.63) is 77.9 Å². The molecule has 0 unspecified atom stereocenters. The quantitative estimate of drug-likeness (QED) is 0.395. The number of hydrogen-bond donors (Lipinski definition) is 0. The fourth-order valence-corrected chi connectivity index (χ4v) is 6.57. The first-order chi connectivity index (χ1) is 10.7. The summed E-state index contributed by atoms with van der Waals surface area (Å²) in [6.07, 6.45) is 0. The van der Waals surface area contributed by atoms with Gasteiger partial charge in [-0.05, 0) is 61.4 Å². The molecule has 0 nitrogen and oxygen atoms in total. The van der Waals surface area contributed by atoms with E-state index in [1.807, 2.05) is 11.8 Å². The molecule has 2 heteroatoms. The summed E-state index contributed by atoms with van der Waals surface area (Å²) in [6, 6.07) is 24.6. The second kappa shape index (κ2) is 5.53. The highest BCUT2D eigenvalue weighted by molar-refractivity contribution is 8.04. The van der Waals surface area contributed by atoms with E-state index in [1.54, 1.807) is 0 Å². The van der Waals surface area contributed by atoms with Gasteiger partial charge >= 0.3 is 0 Å². The molecule has 108 valence electrons. The van der Waals surface area contributed by atoms with E-state index < -0.39 is 0 Å². The van der Waals surface area contributed by atoms with Gasteiger partial charge in [0.15, 0.2) is 14.7 Å². The average molecular weight is 321 g/mol. The Labute approximate surface area is 138 Å². The van der Waals surface area contributed by atoms with Crippen LogP contribution in [0.1, 0.15) is 11.1 Å². The molecular formula is C20H17S2+. The standard InChI is InChI=1S/C20H17S2/c1-14-11-12-16(13-15(14)2)22-19-9-5-3-7-17(19)21-18-8-4-6-10-20(18)22/h3-13H,1-2H3/q+1. The maximum atomic E-state index is 2.36. The van der Waals surface area contributed by atoms with Crippen molar-refractivity contribution in [2.24, 2.45) is 0 Å². The van der Waals surface area contributed by atoms with Crippen molar-refractivity contribution in [1.29, 1.82) is 0 Å². The van der Waals surface area contributed by atoms with Crippen molar-refractivity contribution in [2.45, 2.75) is 38.3 Å². The molecule has 0 saturated carbocycles. The zero-order chi connectivity index (χ0) is 15.1. The van der Waals surface area contributed by atoms with Gasteiger partial charge in [0.1, 0.15) is 10.9 Å². The van der Waals surface area contributed by atoms with E-state index in [2.05, 4.69) is 80.6 Å². The molecular weight excluding hydrogens is 304 g/mol. The summed E-state index contributed by atoms with van der Waals surface area (Å²) in [5.74, 6) is 0. The molecule has 3 aromatic carbocycles. The van der Waals surface area contributed by atoms with Crippen molar-refractivity contribution in [3.63, 3.8) is 0 Å². The Bertz CT molecular complexity index is 806. The second-order valence-electron chi connectivity index (χ2n) is 5.55. The molecule has 0 radical (unpaired) electrons. The summed E-state index contributed by atoms with van der Waals surface area (Å²) in [5, 5.41) is 0.